The fourth-order valence-electron chi connectivity index (χ4n) is 1.64. The quantitative estimate of drug-likeness (QED) is 0.932. The molecular weight excluding hydrogens is 280 g/mol. The van der Waals surface area contributed by atoms with Crippen LogP contribution in [0.25, 0.3) is 0 Å². The van der Waals surface area contributed by atoms with E-state index in [1.54, 1.807) is 48.5 Å². The lowest BCUT2D eigenvalue weighted by Crippen LogP contribution is -2.21. The van der Waals surface area contributed by atoms with Crippen LogP contribution in [0, 0.1) is 0 Å². The summed E-state index contributed by atoms with van der Waals surface area (Å²) in [5.41, 5.74) is 2.60. The van der Waals surface area contributed by atoms with E-state index in [2.05, 4.69) is 16.8 Å². The highest BCUT2D eigenvalue weighted by molar-refractivity contribution is 7.07. The summed E-state index contributed by atoms with van der Waals surface area (Å²) in [5.74, 6) is -0.0322. The Labute approximate surface area is 121 Å². The molecule has 0 saturated heterocycles. The van der Waals surface area contributed by atoms with Crippen LogP contribution in [0.15, 0.2) is 35.0 Å². The molecule has 0 aliphatic heterocycles. The van der Waals surface area contributed by atoms with Gasteiger partial charge in [0.25, 0.3) is 5.91 Å². The zero-order valence-electron chi connectivity index (χ0n) is 10.8. The second-order valence-corrected chi connectivity index (χ2v) is 5.57. The molecule has 0 fully saturated rings. The van der Waals surface area contributed by atoms with Gasteiger partial charge in [0.1, 0.15) is 0 Å². The fourth-order valence-corrected chi connectivity index (χ4v) is 2.50. The van der Waals surface area contributed by atoms with Crippen LogP contribution < -0.4 is 5.32 Å². The van der Waals surface area contributed by atoms with Gasteiger partial charge in [-0.3, -0.25) is 4.79 Å². The number of anilines is 1. The number of amides is 1. The van der Waals surface area contributed by atoms with Crippen LogP contribution in [0.2, 0.25) is 5.02 Å². The van der Waals surface area contributed by atoms with E-state index in [1.165, 1.54) is 5.56 Å². The Morgan fingerprint density at radius 1 is 1.37 bits per heavy atom. The Bertz CT molecular complexity index is 567. The summed E-state index contributed by atoms with van der Waals surface area (Å²) in [6.07, 6.45) is 0. The van der Waals surface area contributed by atoms with E-state index < -0.39 is 0 Å². The van der Waals surface area contributed by atoms with Gasteiger partial charge in [-0.25, -0.2) is 0 Å². The van der Waals surface area contributed by atoms with E-state index in [1.807, 2.05) is 5.38 Å². The molecule has 0 bridgehead atoms. The van der Waals surface area contributed by atoms with Crippen molar-refractivity contribution in [1.82, 2.24) is 4.90 Å². The minimum Gasteiger partial charge on any atom is -0.380 e. The number of hydrogen-bond acceptors (Lipinski definition) is 3. The highest BCUT2D eigenvalue weighted by Gasteiger charge is 2.10. The van der Waals surface area contributed by atoms with E-state index in [-0.39, 0.29) is 5.91 Å². The highest BCUT2D eigenvalue weighted by atomic mass is 35.5. The lowest BCUT2D eigenvalue weighted by molar-refractivity contribution is 0.0827. The Hall–Kier alpha value is -1.52. The van der Waals surface area contributed by atoms with E-state index >= 15 is 0 Å². The van der Waals surface area contributed by atoms with Crippen LogP contribution in [0.3, 0.4) is 0 Å². The van der Waals surface area contributed by atoms with Crippen LogP contribution in [-0.2, 0) is 6.54 Å². The molecule has 0 aliphatic carbocycles. The molecule has 1 amide bonds. The molecule has 0 spiro atoms. The zero-order valence-corrected chi connectivity index (χ0v) is 12.4. The monoisotopic (exact) mass is 294 g/mol. The maximum Gasteiger partial charge on any atom is 0.253 e. The molecule has 1 heterocycles. The number of halogens is 1. The minimum absolute atomic E-state index is 0.0322. The van der Waals surface area contributed by atoms with Crippen LogP contribution in [0.5, 0.6) is 0 Å². The molecular formula is C14H15ClN2OS. The van der Waals surface area contributed by atoms with Crippen LogP contribution >= 0.6 is 22.9 Å². The third-order valence-electron chi connectivity index (χ3n) is 2.68. The maximum atomic E-state index is 11.9. The minimum atomic E-state index is -0.0322. The normalized spacial score (nSPS) is 10.3. The van der Waals surface area contributed by atoms with Gasteiger partial charge < -0.3 is 10.2 Å². The van der Waals surface area contributed by atoms with Gasteiger partial charge in [-0.1, -0.05) is 11.6 Å². The third-order valence-corrected chi connectivity index (χ3v) is 3.74. The van der Waals surface area contributed by atoms with Crippen LogP contribution in [0.4, 0.5) is 5.69 Å². The van der Waals surface area contributed by atoms with Gasteiger partial charge >= 0.3 is 0 Å². The van der Waals surface area contributed by atoms with Crippen molar-refractivity contribution in [3.63, 3.8) is 0 Å². The lowest BCUT2D eigenvalue weighted by Gasteiger charge is -2.13. The Kier molecular flexibility index (Phi) is 4.45. The topological polar surface area (TPSA) is 32.3 Å². The second kappa shape index (κ2) is 6.08. The molecule has 3 nitrogen and oxygen atoms in total. The van der Waals surface area contributed by atoms with E-state index in [0.29, 0.717) is 17.1 Å². The summed E-state index contributed by atoms with van der Waals surface area (Å²) in [6, 6.07) is 7.33. The van der Waals surface area contributed by atoms with E-state index in [0.717, 1.165) is 5.69 Å². The Balaban J connectivity index is 2.15. The van der Waals surface area contributed by atoms with Gasteiger partial charge in [0.05, 0.1) is 10.7 Å². The summed E-state index contributed by atoms with van der Waals surface area (Å²) < 4.78 is 0. The van der Waals surface area contributed by atoms with Crippen LogP contribution in [-0.4, -0.2) is 24.9 Å². The number of thiophene rings is 1. The summed E-state index contributed by atoms with van der Waals surface area (Å²) in [5, 5.41) is 7.98. The summed E-state index contributed by atoms with van der Waals surface area (Å²) >= 11 is 7.79. The molecule has 0 atom stereocenters. The number of hydrogen-bond donors (Lipinski definition) is 1. The van der Waals surface area contributed by atoms with Gasteiger partial charge in [-0.05, 0) is 40.6 Å². The fraction of sp³-hybridized carbons (Fsp3) is 0.214. The second-order valence-electron chi connectivity index (χ2n) is 4.38. The molecule has 0 unspecified atom stereocenters. The molecule has 1 N–H and O–H groups in total. The molecule has 1 aromatic carbocycles. The number of nitrogens with one attached hydrogen (secondary N) is 1. The van der Waals surface area contributed by atoms with Crippen molar-refractivity contribution in [1.29, 1.82) is 0 Å². The summed E-state index contributed by atoms with van der Waals surface area (Å²) in [7, 11) is 3.46. The first-order valence-electron chi connectivity index (χ1n) is 5.84. The largest absolute Gasteiger partial charge is 0.380 e. The van der Waals surface area contributed by atoms with Crippen molar-refractivity contribution >= 4 is 34.5 Å². The van der Waals surface area contributed by atoms with Gasteiger partial charge in [0.2, 0.25) is 0 Å². The molecule has 0 aliphatic rings. The molecule has 2 aromatic rings. The van der Waals surface area contributed by atoms with Crippen molar-refractivity contribution in [2.75, 3.05) is 19.4 Å². The Morgan fingerprint density at radius 3 is 2.79 bits per heavy atom. The van der Waals surface area contributed by atoms with Gasteiger partial charge in [0, 0.05) is 26.2 Å². The number of nitrogens with zero attached hydrogens (tertiary/aromatic N) is 1. The molecule has 1 aromatic heterocycles. The SMILES string of the molecule is CN(C)C(=O)c1ccc(Cl)c(NCc2ccsc2)c1. The smallest absolute Gasteiger partial charge is 0.253 e. The number of carbonyl (C=O) groups is 1. The summed E-state index contributed by atoms with van der Waals surface area (Å²) in [4.78, 5) is 13.4. The zero-order chi connectivity index (χ0) is 13.8. The predicted octanol–water partition coefficient (Wildman–Crippen LogP) is 3.72. The summed E-state index contributed by atoms with van der Waals surface area (Å²) in [6.45, 7) is 0.697. The lowest BCUT2D eigenvalue weighted by atomic mass is 10.1. The molecule has 0 radical (unpaired) electrons. The van der Waals surface area contributed by atoms with Gasteiger partial charge in [-0.15, -0.1) is 0 Å². The number of rotatable bonds is 4. The Morgan fingerprint density at radius 2 is 2.16 bits per heavy atom. The molecule has 5 heteroatoms. The highest BCUT2D eigenvalue weighted by Crippen LogP contribution is 2.24. The van der Waals surface area contributed by atoms with Crippen molar-refractivity contribution in [3.05, 3.63) is 51.2 Å². The molecule has 100 valence electrons. The first-order valence-corrected chi connectivity index (χ1v) is 7.16. The van der Waals surface area contributed by atoms with Gasteiger partial charge in [0.15, 0.2) is 0 Å². The van der Waals surface area contributed by atoms with Crippen molar-refractivity contribution in [3.8, 4) is 0 Å². The average Bonchev–Trinajstić information content (AvgIpc) is 2.90. The van der Waals surface area contributed by atoms with E-state index in [4.69, 9.17) is 11.6 Å². The standard InChI is InChI=1S/C14H15ClN2OS/c1-17(2)14(18)11-3-4-12(15)13(7-11)16-8-10-5-6-19-9-10/h3-7,9,16H,8H2,1-2H3. The number of benzene rings is 1. The van der Waals surface area contributed by atoms with Crippen molar-refractivity contribution in [2.24, 2.45) is 0 Å². The van der Waals surface area contributed by atoms with Crippen LogP contribution in [0.1, 0.15) is 15.9 Å². The van der Waals surface area contributed by atoms with Gasteiger partial charge in [-0.2, -0.15) is 11.3 Å². The third kappa shape index (κ3) is 3.49. The first-order chi connectivity index (χ1) is 9.08. The molecule has 0 saturated carbocycles. The van der Waals surface area contributed by atoms with Crippen molar-refractivity contribution in [2.45, 2.75) is 6.54 Å². The van der Waals surface area contributed by atoms with E-state index in [9.17, 15) is 4.79 Å². The predicted molar refractivity (Wildman–Crippen MR) is 81.1 cm³/mol. The maximum absolute atomic E-state index is 11.9. The first kappa shape index (κ1) is 13.9. The average molecular weight is 295 g/mol. The molecule has 2 rings (SSSR count). The number of carbonyl (C=O) groups excluding carboxylic acids is 1. The molecule has 19 heavy (non-hydrogen) atoms. The van der Waals surface area contributed by atoms with Crippen molar-refractivity contribution < 1.29 is 4.79 Å².